The van der Waals surface area contributed by atoms with Gasteiger partial charge >= 0.3 is 6.03 Å². The van der Waals surface area contributed by atoms with Crippen LogP contribution in [0.5, 0.6) is 0 Å². The predicted molar refractivity (Wildman–Crippen MR) is 110 cm³/mol. The normalized spacial score (nSPS) is 21.8. The standard InChI is InChI=1S/C21H24BrN3O/c1-15-13-25(20-8-3-2-7-19(15)20)21(26)23-12-16-9-10-24(14-16)18-6-4-5-17(22)11-18/h2-8,11,15-16H,9-10,12-14H2,1H3,(H,23,26). The molecule has 5 heteroatoms. The van der Waals surface area contributed by atoms with Crippen LogP contribution in [0.25, 0.3) is 0 Å². The van der Waals surface area contributed by atoms with Crippen LogP contribution in [-0.2, 0) is 0 Å². The number of carbonyl (C=O) groups excluding carboxylic acids is 1. The highest BCUT2D eigenvalue weighted by Gasteiger charge is 2.30. The number of halogens is 1. The Kier molecular flexibility index (Phi) is 4.90. The van der Waals surface area contributed by atoms with E-state index in [0.29, 0.717) is 11.8 Å². The maximum Gasteiger partial charge on any atom is 0.321 e. The number of carbonyl (C=O) groups is 1. The van der Waals surface area contributed by atoms with E-state index in [-0.39, 0.29) is 6.03 Å². The quantitative estimate of drug-likeness (QED) is 0.797. The fourth-order valence-corrected chi connectivity index (χ4v) is 4.43. The lowest BCUT2D eigenvalue weighted by Gasteiger charge is -2.21. The van der Waals surface area contributed by atoms with Gasteiger partial charge in [0.15, 0.2) is 0 Å². The molecule has 2 aliphatic rings. The highest BCUT2D eigenvalue weighted by Crippen LogP contribution is 2.35. The van der Waals surface area contributed by atoms with Gasteiger partial charge in [-0.3, -0.25) is 4.90 Å². The van der Waals surface area contributed by atoms with Crippen LogP contribution in [0.3, 0.4) is 0 Å². The van der Waals surface area contributed by atoms with Crippen LogP contribution in [-0.4, -0.2) is 32.2 Å². The lowest BCUT2D eigenvalue weighted by Crippen LogP contribution is -2.41. The molecule has 0 bridgehead atoms. The fourth-order valence-electron chi connectivity index (χ4n) is 4.05. The summed E-state index contributed by atoms with van der Waals surface area (Å²) in [6.07, 6.45) is 1.11. The number of hydrogen-bond donors (Lipinski definition) is 1. The number of rotatable bonds is 3. The largest absolute Gasteiger partial charge is 0.371 e. The molecule has 2 amide bonds. The van der Waals surface area contributed by atoms with Crippen molar-refractivity contribution < 1.29 is 4.79 Å². The molecule has 1 N–H and O–H groups in total. The Morgan fingerprint density at radius 1 is 1.19 bits per heavy atom. The van der Waals surface area contributed by atoms with Crippen LogP contribution in [0.15, 0.2) is 53.0 Å². The van der Waals surface area contributed by atoms with Gasteiger partial charge in [-0.15, -0.1) is 0 Å². The Morgan fingerprint density at radius 3 is 2.88 bits per heavy atom. The van der Waals surface area contributed by atoms with Gasteiger partial charge in [-0.2, -0.15) is 0 Å². The third-order valence-electron chi connectivity index (χ3n) is 5.46. The van der Waals surface area contributed by atoms with Crippen molar-refractivity contribution in [3.05, 3.63) is 58.6 Å². The minimum atomic E-state index is 0.0303. The topological polar surface area (TPSA) is 35.6 Å². The second-order valence-corrected chi connectivity index (χ2v) is 8.25. The number of fused-ring (bicyclic) bond motifs is 1. The van der Waals surface area contributed by atoms with Crippen LogP contribution in [0.2, 0.25) is 0 Å². The van der Waals surface area contributed by atoms with E-state index in [2.05, 4.69) is 57.3 Å². The fraction of sp³-hybridized carbons (Fsp3) is 0.381. The first-order chi connectivity index (χ1) is 12.6. The molecule has 136 valence electrons. The minimum absolute atomic E-state index is 0.0303. The number of anilines is 2. The van der Waals surface area contributed by atoms with E-state index in [1.807, 2.05) is 29.2 Å². The Labute approximate surface area is 163 Å². The van der Waals surface area contributed by atoms with Crippen molar-refractivity contribution >= 4 is 33.3 Å². The van der Waals surface area contributed by atoms with Gasteiger partial charge in [-0.25, -0.2) is 4.79 Å². The van der Waals surface area contributed by atoms with E-state index in [9.17, 15) is 4.79 Å². The monoisotopic (exact) mass is 413 g/mol. The molecule has 0 spiro atoms. The molecular weight excluding hydrogens is 390 g/mol. The predicted octanol–water partition coefficient (Wildman–Crippen LogP) is 4.61. The van der Waals surface area contributed by atoms with Gasteiger partial charge in [-0.05, 0) is 42.2 Å². The molecule has 2 aromatic carbocycles. The lowest BCUT2D eigenvalue weighted by atomic mass is 10.0. The second-order valence-electron chi connectivity index (χ2n) is 7.34. The summed E-state index contributed by atoms with van der Waals surface area (Å²) in [6, 6.07) is 16.7. The summed E-state index contributed by atoms with van der Waals surface area (Å²) in [6.45, 7) is 5.71. The average molecular weight is 414 g/mol. The third kappa shape index (κ3) is 3.45. The van der Waals surface area contributed by atoms with E-state index in [1.54, 1.807) is 0 Å². The molecule has 2 aromatic rings. The number of hydrogen-bond acceptors (Lipinski definition) is 2. The van der Waals surface area contributed by atoms with E-state index >= 15 is 0 Å². The van der Waals surface area contributed by atoms with Gasteiger partial charge in [0, 0.05) is 47.9 Å². The van der Waals surface area contributed by atoms with Gasteiger partial charge in [-0.1, -0.05) is 47.1 Å². The number of urea groups is 1. The molecule has 0 radical (unpaired) electrons. The smallest absolute Gasteiger partial charge is 0.321 e. The molecule has 2 heterocycles. The molecule has 2 unspecified atom stereocenters. The number of nitrogens with one attached hydrogen (secondary N) is 1. The summed E-state index contributed by atoms with van der Waals surface area (Å²) in [7, 11) is 0. The first-order valence-corrected chi connectivity index (χ1v) is 10.1. The van der Waals surface area contributed by atoms with Crippen LogP contribution >= 0.6 is 15.9 Å². The Bertz CT molecular complexity index is 809. The van der Waals surface area contributed by atoms with Crippen molar-refractivity contribution in [2.75, 3.05) is 36.0 Å². The molecule has 0 aliphatic carbocycles. The molecule has 26 heavy (non-hydrogen) atoms. The average Bonchev–Trinajstić information content (AvgIpc) is 3.25. The second kappa shape index (κ2) is 7.31. The molecule has 0 saturated carbocycles. The molecule has 4 nitrogen and oxygen atoms in total. The third-order valence-corrected chi connectivity index (χ3v) is 5.95. The SMILES string of the molecule is CC1CN(C(=O)NCC2CCN(c3cccc(Br)c3)C2)c2ccccc21. The Hall–Kier alpha value is -2.01. The van der Waals surface area contributed by atoms with Crippen molar-refractivity contribution in [3.8, 4) is 0 Å². The highest BCUT2D eigenvalue weighted by molar-refractivity contribution is 9.10. The molecule has 1 fully saturated rings. The summed E-state index contributed by atoms with van der Waals surface area (Å²) in [5.41, 5.74) is 3.57. The van der Waals surface area contributed by atoms with E-state index in [0.717, 1.165) is 42.8 Å². The summed E-state index contributed by atoms with van der Waals surface area (Å²) >= 11 is 3.54. The van der Waals surface area contributed by atoms with Gasteiger partial charge in [0.1, 0.15) is 0 Å². The molecule has 2 atom stereocenters. The number of nitrogens with zero attached hydrogens (tertiary/aromatic N) is 2. The molecular formula is C21H24BrN3O. The van der Waals surface area contributed by atoms with Gasteiger partial charge in [0.25, 0.3) is 0 Å². The van der Waals surface area contributed by atoms with Crippen LogP contribution in [0.1, 0.15) is 24.8 Å². The number of amides is 2. The highest BCUT2D eigenvalue weighted by atomic mass is 79.9. The molecule has 0 aromatic heterocycles. The molecule has 1 saturated heterocycles. The summed E-state index contributed by atoms with van der Waals surface area (Å²) < 4.78 is 1.11. The zero-order valence-corrected chi connectivity index (χ0v) is 16.6. The molecule has 4 rings (SSSR count). The molecule has 2 aliphatic heterocycles. The minimum Gasteiger partial charge on any atom is -0.371 e. The number of benzene rings is 2. The van der Waals surface area contributed by atoms with E-state index in [4.69, 9.17) is 0 Å². The summed E-state index contributed by atoms with van der Waals surface area (Å²) in [5, 5.41) is 3.16. The Morgan fingerprint density at radius 2 is 2.04 bits per heavy atom. The van der Waals surface area contributed by atoms with Crippen molar-refractivity contribution in [3.63, 3.8) is 0 Å². The van der Waals surface area contributed by atoms with Crippen LogP contribution in [0.4, 0.5) is 16.2 Å². The van der Waals surface area contributed by atoms with Crippen molar-refractivity contribution in [2.24, 2.45) is 5.92 Å². The first-order valence-electron chi connectivity index (χ1n) is 9.26. The first kappa shape index (κ1) is 17.4. The van der Waals surface area contributed by atoms with Crippen LogP contribution < -0.4 is 15.1 Å². The lowest BCUT2D eigenvalue weighted by molar-refractivity contribution is 0.245. The van der Waals surface area contributed by atoms with Crippen molar-refractivity contribution in [1.82, 2.24) is 5.32 Å². The summed E-state index contributed by atoms with van der Waals surface area (Å²) in [5.74, 6) is 0.892. The van der Waals surface area contributed by atoms with Gasteiger partial charge in [0.2, 0.25) is 0 Å². The Balaban J connectivity index is 1.33. The zero-order valence-electron chi connectivity index (χ0n) is 15.0. The summed E-state index contributed by atoms with van der Waals surface area (Å²) in [4.78, 5) is 17.0. The van der Waals surface area contributed by atoms with E-state index in [1.165, 1.54) is 11.3 Å². The van der Waals surface area contributed by atoms with Crippen molar-refractivity contribution in [1.29, 1.82) is 0 Å². The van der Waals surface area contributed by atoms with Crippen LogP contribution in [0, 0.1) is 5.92 Å². The van der Waals surface area contributed by atoms with Gasteiger partial charge in [0.05, 0.1) is 0 Å². The maximum absolute atomic E-state index is 12.7. The van der Waals surface area contributed by atoms with Crippen molar-refractivity contribution in [2.45, 2.75) is 19.3 Å². The van der Waals surface area contributed by atoms with E-state index < -0.39 is 0 Å². The number of para-hydroxylation sites is 1. The maximum atomic E-state index is 12.7. The zero-order chi connectivity index (χ0) is 18.1. The van der Waals surface area contributed by atoms with Gasteiger partial charge < -0.3 is 10.2 Å².